The summed E-state index contributed by atoms with van der Waals surface area (Å²) in [6.07, 6.45) is 5.93. The minimum Gasteiger partial charge on any atom is -0.340 e. The predicted molar refractivity (Wildman–Crippen MR) is 96.9 cm³/mol. The Labute approximate surface area is 162 Å². The summed E-state index contributed by atoms with van der Waals surface area (Å²) in [5.74, 6) is -1.43. The van der Waals surface area contributed by atoms with Crippen LogP contribution < -0.4 is 16.1 Å². The standard InChI is InChI=1S/C19H26F2N6O/c20-19(21)6-4-11(5-7-19)27-17-14(10-24-27)18(28)26-16(25-17)13-3-2-12(13)15-22-8-1-9-23-15/h1,8-9,11-14,16-17,24-25H,2-7,10H2,(H,26,28). The minimum atomic E-state index is -2.55. The number of hydrogen-bond donors (Lipinski definition) is 3. The van der Waals surface area contributed by atoms with Gasteiger partial charge in [-0.05, 0) is 31.7 Å². The number of rotatable bonds is 3. The number of carbonyl (C=O) groups excluding carboxylic acids is 1. The first kappa shape index (κ1) is 18.3. The first-order chi connectivity index (χ1) is 13.5. The fourth-order valence-electron chi connectivity index (χ4n) is 5.16. The number of halogens is 2. The number of amides is 1. The van der Waals surface area contributed by atoms with E-state index in [0.29, 0.717) is 19.4 Å². The molecule has 7 nitrogen and oxygen atoms in total. The Morgan fingerprint density at radius 2 is 1.82 bits per heavy atom. The smallest absolute Gasteiger partial charge is 0.248 e. The Morgan fingerprint density at radius 3 is 2.50 bits per heavy atom. The molecule has 3 N–H and O–H groups in total. The van der Waals surface area contributed by atoms with Gasteiger partial charge in [0, 0.05) is 49.7 Å². The lowest BCUT2D eigenvalue weighted by atomic mass is 9.70. The summed E-state index contributed by atoms with van der Waals surface area (Å²) in [6.45, 7) is 0.541. The molecular formula is C19H26F2N6O. The number of aromatic nitrogens is 2. The van der Waals surface area contributed by atoms with E-state index in [4.69, 9.17) is 0 Å². The van der Waals surface area contributed by atoms with Crippen LogP contribution in [-0.2, 0) is 4.79 Å². The van der Waals surface area contributed by atoms with Crippen molar-refractivity contribution in [3.8, 4) is 0 Å². The zero-order valence-corrected chi connectivity index (χ0v) is 15.7. The molecule has 152 valence electrons. The molecule has 5 rings (SSSR count). The maximum absolute atomic E-state index is 13.6. The van der Waals surface area contributed by atoms with Crippen molar-refractivity contribution >= 4 is 5.91 Å². The quantitative estimate of drug-likeness (QED) is 0.721. The predicted octanol–water partition coefficient (Wildman–Crippen LogP) is 1.36. The van der Waals surface area contributed by atoms with Crippen LogP contribution in [0.1, 0.15) is 50.3 Å². The molecule has 0 bridgehead atoms. The molecule has 5 unspecified atom stereocenters. The molecule has 1 aromatic heterocycles. The van der Waals surface area contributed by atoms with E-state index >= 15 is 0 Å². The maximum Gasteiger partial charge on any atom is 0.248 e. The van der Waals surface area contributed by atoms with Crippen molar-refractivity contribution in [2.75, 3.05) is 6.54 Å². The van der Waals surface area contributed by atoms with Gasteiger partial charge >= 0.3 is 0 Å². The van der Waals surface area contributed by atoms with Gasteiger partial charge in [0.25, 0.3) is 0 Å². The summed E-state index contributed by atoms with van der Waals surface area (Å²) >= 11 is 0. The van der Waals surface area contributed by atoms with Crippen molar-refractivity contribution in [2.24, 2.45) is 11.8 Å². The highest BCUT2D eigenvalue weighted by atomic mass is 19.3. The first-order valence-corrected chi connectivity index (χ1v) is 10.2. The van der Waals surface area contributed by atoms with Crippen LogP contribution in [-0.4, -0.2) is 51.7 Å². The number of fused-ring (bicyclic) bond motifs is 1. The van der Waals surface area contributed by atoms with Gasteiger partial charge in [-0.1, -0.05) is 0 Å². The topological polar surface area (TPSA) is 82.2 Å². The third kappa shape index (κ3) is 3.19. The van der Waals surface area contributed by atoms with E-state index in [9.17, 15) is 13.6 Å². The zero-order chi connectivity index (χ0) is 19.3. The van der Waals surface area contributed by atoms with Gasteiger partial charge in [-0.3, -0.25) is 15.5 Å². The Hall–Kier alpha value is -1.71. The zero-order valence-electron chi connectivity index (χ0n) is 15.7. The molecule has 0 radical (unpaired) electrons. The van der Waals surface area contributed by atoms with E-state index in [0.717, 1.165) is 18.7 Å². The molecule has 5 atom stereocenters. The van der Waals surface area contributed by atoms with Gasteiger partial charge < -0.3 is 5.32 Å². The Morgan fingerprint density at radius 1 is 1.07 bits per heavy atom. The first-order valence-electron chi connectivity index (χ1n) is 10.2. The Kier molecular flexibility index (Phi) is 4.56. The van der Waals surface area contributed by atoms with Crippen molar-refractivity contribution in [1.82, 2.24) is 31.0 Å². The number of hydrazine groups is 1. The lowest BCUT2D eigenvalue weighted by Crippen LogP contribution is -2.68. The van der Waals surface area contributed by atoms with Gasteiger partial charge in [-0.25, -0.2) is 23.8 Å². The number of hydrogen-bond acceptors (Lipinski definition) is 6. The van der Waals surface area contributed by atoms with E-state index in [1.165, 1.54) is 0 Å². The summed E-state index contributed by atoms with van der Waals surface area (Å²) in [4.78, 5) is 21.5. The van der Waals surface area contributed by atoms with Gasteiger partial charge in [-0.15, -0.1) is 0 Å². The average molecular weight is 392 g/mol. The molecule has 28 heavy (non-hydrogen) atoms. The van der Waals surface area contributed by atoms with Crippen LogP contribution in [0.25, 0.3) is 0 Å². The molecule has 1 amide bonds. The minimum absolute atomic E-state index is 0.0309. The summed E-state index contributed by atoms with van der Waals surface area (Å²) < 4.78 is 27.1. The van der Waals surface area contributed by atoms with E-state index in [1.54, 1.807) is 18.5 Å². The lowest BCUT2D eigenvalue weighted by molar-refractivity contribution is -0.133. The monoisotopic (exact) mass is 392 g/mol. The van der Waals surface area contributed by atoms with Crippen LogP contribution in [0.2, 0.25) is 0 Å². The molecule has 2 saturated carbocycles. The number of nitrogens with zero attached hydrogens (tertiary/aromatic N) is 3. The lowest BCUT2D eigenvalue weighted by Gasteiger charge is -2.47. The van der Waals surface area contributed by atoms with Gasteiger partial charge in [-0.2, -0.15) is 0 Å². The molecule has 4 aliphatic rings. The molecular weight excluding hydrogens is 366 g/mol. The molecule has 0 spiro atoms. The van der Waals surface area contributed by atoms with Crippen LogP contribution in [0.5, 0.6) is 0 Å². The molecule has 1 aromatic rings. The average Bonchev–Trinajstić information content (AvgIpc) is 3.06. The SMILES string of the molecule is O=C1NC(C2CCC2c2ncccn2)NC2C1CNN2C1CCC(F)(F)CC1. The summed E-state index contributed by atoms with van der Waals surface area (Å²) in [5, 5.41) is 8.78. The van der Waals surface area contributed by atoms with E-state index in [1.807, 2.05) is 5.01 Å². The molecule has 3 heterocycles. The highest BCUT2D eigenvalue weighted by Gasteiger charge is 2.51. The van der Waals surface area contributed by atoms with Gasteiger partial charge in [0.1, 0.15) is 5.82 Å². The molecule has 2 aliphatic heterocycles. The Bertz CT molecular complexity index is 724. The van der Waals surface area contributed by atoms with E-state index in [2.05, 4.69) is 26.0 Å². The van der Waals surface area contributed by atoms with Gasteiger partial charge in [0.05, 0.1) is 18.2 Å². The second kappa shape index (κ2) is 6.96. The van der Waals surface area contributed by atoms with Crippen LogP contribution in [0.4, 0.5) is 8.78 Å². The molecule has 0 aromatic carbocycles. The van der Waals surface area contributed by atoms with E-state index < -0.39 is 5.92 Å². The molecule has 9 heteroatoms. The maximum atomic E-state index is 13.6. The van der Waals surface area contributed by atoms with Gasteiger partial charge in [0.15, 0.2) is 0 Å². The highest BCUT2D eigenvalue weighted by Crippen LogP contribution is 2.44. The van der Waals surface area contributed by atoms with Crippen molar-refractivity contribution in [2.45, 2.75) is 68.7 Å². The van der Waals surface area contributed by atoms with Gasteiger partial charge in [0.2, 0.25) is 11.8 Å². The number of carbonyl (C=O) groups is 1. The summed E-state index contributed by atoms with van der Waals surface area (Å²) in [6, 6.07) is 1.83. The largest absolute Gasteiger partial charge is 0.340 e. The molecule has 4 fully saturated rings. The van der Waals surface area contributed by atoms with Crippen molar-refractivity contribution in [3.63, 3.8) is 0 Å². The third-order valence-electron chi connectivity index (χ3n) is 6.91. The van der Waals surface area contributed by atoms with Crippen LogP contribution >= 0.6 is 0 Å². The van der Waals surface area contributed by atoms with Crippen molar-refractivity contribution < 1.29 is 13.6 Å². The Balaban J connectivity index is 1.29. The fraction of sp³-hybridized carbons (Fsp3) is 0.737. The number of alkyl halides is 2. The van der Waals surface area contributed by atoms with Crippen molar-refractivity contribution in [1.29, 1.82) is 0 Å². The summed E-state index contributed by atoms with van der Waals surface area (Å²) in [7, 11) is 0. The fourth-order valence-corrected chi connectivity index (χ4v) is 5.16. The normalized spacial score (nSPS) is 38.5. The second-order valence-corrected chi connectivity index (χ2v) is 8.52. The van der Waals surface area contributed by atoms with Crippen LogP contribution in [0, 0.1) is 11.8 Å². The van der Waals surface area contributed by atoms with Crippen molar-refractivity contribution in [3.05, 3.63) is 24.3 Å². The highest BCUT2D eigenvalue weighted by molar-refractivity contribution is 5.81. The van der Waals surface area contributed by atoms with Crippen LogP contribution in [0.15, 0.2) is 18.5 Å². The summed E-state index contributed by atoms with van der Waals surface area (Å²) in [5.41, 5.74) is 3.30. The number of nitrogens with one attached hydrogen (secondary N) is 3. The van der Waals surface area contributed by atoms with E-state index in [-0.39, 0.29) is 54.9 Å². The second-order valence-electron chi connectivity index (χ2n) is 8.52. The third-order valence-corrected chi connectivity index (χ3v) is 6.91. The molecule has 2 saturated heterocycles. The molecule has 2 aliphatic carbocycles. The van der Waals surface area contributed by atoms with Crippen LogP contribution in [0.3, 0.4) is 0 Å².